The number of hydrogen-bond acceptors (Lipinski definition) is 2. The Hall–Kier alpha value is -0.570. The molecule has 1 aromatic rings. The first-order chi connectivity index (χ1) is 6.75. The van der Waals surface area contributed by atoms with Gasteiger partial charge in [0, 0.05) is 6.20 Å². The monoisotopic (exact) mass is 255 g/mol. The maximum atomic E-state index is 5.87. The fraction of sp³-hybridized carbons (Fsp3) is 0.545. The Bertz CT molecular complexity index is 316. The Kier molecular flexibility index (Phi) is 3.06. The van der Waals surface area contributed by atoms with Crippen molar-refractivity contribution in [2.75, 3.05) is 0 Å². The second-order valence-electron chi connectivity index (χ2n) is 3.95. The zero-order chi connectivity index (χ0) is 9.97. The third-order valence-electron chi connectivity index (χ3n) is 2.67. The summed E-state index contributed by atoms with van der Waals surface area (Å²) in [4.78, 5) is 4.13. The molecule has 1 fully saturated rings. The molecule has 2 nitrogen and oxygen atoms in total. The zero-order valence-electron chi connectivity index (χ0n) is 8.24. The molecular formula is C11H14BrNO. The lowest BCUT2D eigenvalue weighted by atomic mass is 10.1. The van der Waals surface area contributed by atoms with Gasteiger partial charge < -0.3 is 4.74 Å². The van der Waals surface area contributed by atoms with Crippen LogP contribution in [0.25, 0.3) is 0 Å². The molecule has 14 heavy (non-hydrogen) atoms. The molecule has 2 atom stereocenters. The lowest BCUT2D eigenvalue weighted by Gasteiger charge is -2.13. The molecule has 0 radical (unpaired) electrons. The predicted octanol–water partition coefficient (Wildman–Crippen LogP) is 3.41. The van der Waals surface area contributed by atoms with Crippen LogP contribution in [0.2, 0.25) is 0 Å². The molecule has 1 aliphatic rings. The molecule has 1 saturated carbocycles. The van der Waals surface area contributed by atoms with Crippen LogP contribution in [-0.4, -0.2) is 11.1 Å². The van der Waals surface area contributed by atoms with E-state index in [0.717, 1.165) is 16.3 Å². The van der Waals surface area contributed by atoms with Gasteiger partial charge in [-0.3, -0.25) is 0 Å². The molecule has 1 heterocycles. The number of nitrogens with zero attached hydrogens (tertiary/aromatic N) is 1. The Morgan fingerprint density at radius 1 is 1.50 bits per heavy atom. The van der Waals surface area contributed by atoms with Crippen molar-refractivity contribution in [2.24, 2.45) is 5.92 Å². The number of hydrogen-bond donors (Lipinski definition) is 0. The first-order valence-electron chi connectivity index (χ1n) is 5.03. The topological polar surface area (TPSA) is 22.1 Å². The van der Waals surface area contributed by atoms with Crippen LogP contribution in [0, 0.1) is 5.92 Å². The normalized spacial score (nSPS) is 26.4. The highest BCUT2D eigenvalue weighted by Gasteiger charge is 2.23. The highest BCUT2D eigenvalue weighted by atomic mass is 79.9. The van der Waals surface area contributed by atoms with Gasteiger partial charge in [-0.05, 0) is 53.2 Å². The second kappa shape index (κ2) is 4.30. The first-order valence-corrected chi connectivity index (χ1v) is 5.82. The summed E-state index contributed by atoms with van der Waals surface area (Å²) in [5, 5.41) is 0. The second-order valence-corrected chi connectivity index (χ2v) is 4.70. The summed E-state index contributed by atoms with van der Waals surface area (Å²) in [5.74, 6) is 1.67. The summed E-state index contributed by atoms with van der Waals surface area (Å²) in [5.41, 5.74) is 0. The minimum Gasteiger partial charge on any atom is -0.488 e. The minimum atomic E-state index is 0.380. The van der Waals surface area contributed by atoms with E-state index in [9.17, 15) is 0 Å². The molecule has 0 amide bonds. The van der Waals surface area contributed by atoms with Gasteiger partial charge in [-0.15, -0.1) is 0 Å². The lowest BCUT2D eigenvalue weighted by molar-refractivity contribution is 0.203. The van der Waals surface area contributed by atoms with Gasteiger partial charge in [0.05, 0.1) is 6.10 Å². The molecular weight excluding hydrogens is 242 g/mol. The van der Waals surface area contributed by atoms with E-state index in [4.69, 9.17) is 4.74 Å². The van der Waals surface area contributed by atoms with Crippen LogP contribution in [-0.2, 0) is 0 Å². The standard InChI is InChI=1S/C11H14BrNO/c1-8-4-5-9(7-8)14-10-3-2-6-13-11(10)12/h2-3,6,8-9H,4-5,7H2,1H3/t8-,9+/m1/s1. The highest BCUT2D eigenvalue weighted by molar-refractivity contribution is 9.10. The molecule has 0 spiro atoms. The summed E-state index contributed by atoms with van der Waals surface area (Å²) in [6, 6.07) is 3.86. The fourth-order valence-electron chi connectivity index (χ4n) is 1.90. The van der Waals surface area contributed by atoms with E-state index in [1.807, 2.05) is 12.1 Å². The quantitative estimate of drug-likeness (QED) is 0.756. The average Bonchev–Trinajstić information content (AvgIpc) is 2.56. The maximum absolute atomic E-state index is 5.87. The van der Waals surface area contributed by atoms with Crippen LogP contribution in [0.1, 0.15) is 26.2 Å². The van der Waals surface area contributed by atoms with Crippen molar-refractivity contribution in [3.8, 4) is 5.75 Å². The highest BCUT2D eigenvalue weighted by Crippen LogP contribution is 2.30. The van der Waals surface area contributed by atoms with E-state index in [0.29, 0.717) is 6.10 Å². The third kappa shape index (κ3) is 2.27. The number of rotatable bonds is 2. The summed E-state index contributed by atoms with van der Waals surface area (Å²) in [7, 11) is 0. The van der Waals surface area contributed by atoms with Gasteiger partial charge in [0.1, 0.15) is 4.60 Å². The molecule has 0 saturated heterocycles. The van der Waals surface area contributed by atoms with E-state index in [2.05, 4.69) is 27.8 Å². The number of pyridine rings is 1. The van der Waals surface area contributed by atoms with Gasteiger partial charge in [-0.2, -0.15) is 0 Å². The number of aromatic nitrogens is 1. The van der Waals surface area contributed by atoms with Crippen molar-refractivity contribution in [3.05, 3.63) is 22.9 Å². The van der Waals surface area contributed by atoms with Crippen LogP contribution < -0.4 is 4.74 Å². The molecule has 0 aliphatic heterocycles. The average molecular weight is 256 g/mol. The summed E-state index contributed by atoms with van der Waals surface area (Å²) in [6.45, 7) is 2.28. The van der Waals surface area contributed by atoms with Crippen LogP contribution in [0.4, 0.5) is 0 Å². The van der Waals surface area contributed by atoms with Gasteiger partial charge in [0.2, 0.25) is 0 Å². The fourth-order valence-corrected chi connectivity index (χ4v) is 2.24. The van der Waals surface area contributed by atoms with Crippen molar-refractivity contribution in [1.82, 2.24) is 4.98 Å². The molecule has 2 rings (SSSR count). The largest absolute Gasteiger partial charge is 0.488 e. The summed E-state index contributed by atoms with van der Waals surface area (Å²) in [6.07, 6.45) is 5.76. The zero-order valence-corrected chi connectivity index (χ0v) is 9.83. The van der Waals surface area contributed by atoms with Crippen molar-refractivity contribution >= 4 is 15.9 Å². The predicted molar refractivity (Wildman–Crippen MR) is 59.4 cm³/mol. The van der Waals surface area contributed by atoms with Crippen molar-refractivity contribution in [2.45, 2.75) is 32.3 Å². The van der Waals surface area contributed by atoms with E-state index in [1.165, 1.54) is 19.3 Å². The molecule has 3 heteroatoms. The van der Waals surface area contributed by atoms with Crippen molar-refractivity contribution in [1.29, 1.82) is 0 Å². The van der Waals surface area contributed by atoms with E-state index in [-0.39, 0.29) is 0 Å². The maximum Gasteiger partial charge on any atom is 0.152 e. The third-order valence-corrected chi connectivity index (χ3v) is 3.26. The molecule has 1 aromatic heterocycles. The molecule has 0 N–H and O–H groups in total. The van der Waals surface area contributed by atoms with Crippen LogP contribution >= 0.6 is 15.9 Å². The van der Waals surface area contributed by atoms with Gasteiger partial charge >= 0.3 is 0 Å². The van der Waals surface area contributed by atoms with Crippen LogP contribution in [0.15, 0.2) is 22.9 Å². The van der Waals surface area contributed by atoms with E-state index < -0.39 is 0 Å². The van der Waals surface area contributed by atoms with Crippen LogP contribution in [0.5, 0.6) is 5.75 Å². The molecule has 1 aliphatic carbocycles. The van der Waals surface area contributed by atoms with Gasteiger partial charge in [0.15, 0.2) is 5.75 Å². The molecule has 0 bridgehead atoms. The van der Waals surface area contributed by atoms with E-state index >= 15 is 0 Å². The number of ether oxygens (including phenoxy) is 1. The van der Waals surface area contributed by atoms with E-state index in [1.54, 1.807) is 6.20 Å². The van der Waals surface area contributed by atoms with Crippen LogP contribution in [0.3, 0.4) is 0 Å². The van der Waals surface area contributed by atoms with Crippen molar-refractivity contribution < 1.29 is 4.74 Å². The summed E-state index contributed by atoms with van der Waals surface area (Å²) < 4.78 is 6.67. The van der Waals surface area contributed by atoms with Gasteiger partial charge in [-0.1, -0.05) is 6.92 Å². The summed E-state index contributed by atoms with van der Waals surface area (Å²) >= 11 is 3.38. The Morgan fingerprint density at radius 2 is 2.36 bits per heavy atom. The van der Waals surface area contributed by atoms with Gasteiger partial charge in [-0.25, -0.2) is 4.98 Å². The lowest BCUT2D eigenvalue weighted by Crippen LogP contribution is -2.12. The van der Waals surface area contributed by atoms with Gasteiger partial charge in [0.25, 0.3) is 0 Å². The minimum absolute atomic E-state index is 0.380. The first kappa shape index (κ1) is 9.97. The molecule has 0 unspecified atom stereocenters. The number of halogens is 1. The molecule has 76 valence electrons. The van der Waals surface area contributed by atoms with Crippen molar-refractivity contribution in [3.63, 3.8) is 0 Å². The SMILES string of the molecule is C[C@@H]1CC[C@H](Oc2cccnc2Br)C1. The Balaban J connectivity index is 2.01. The Morgan fingerprint density at radius 3 is 3.00 bits per heavy atom. The smallest absolute Gasteiger partial charge is 0.152 e. The molecule has 0 aromatic carbocycles. The Labute approximate surface area is 92.8 Å².